The zero-order valence-electron chi connectivity index (χ0n) is 14.3. The molecule has 24 heavy (non-hydrogen) atoms. The Hall–Kier alpha value is -1.63. The molecule has 1 aromatic carbocycles. The van der Waals surface area contributed by atoms with E-state index in [4.69, 9.17) is 4.74 Å². The van der Waals surface area contributed by atoms with Crippen LogP contribution in [0.2, 0.25) is 0 Å². The number of halogens is 2. The number of nitrogens with one attached hydrogen (secondary N) is 1. The van der Waals surface area contributed by atoms with Crippen molar-refractivity contribution < 1.29 is 18.7 Å². The zero-order valence-corrected chi connectivity index (χ0v) is 15.9. The SMILES string of the molecule is Cc1ccc(F)c(C(=O)N2CC[C@@H](NC(=O)OC(C)(C)C)C2)c1Br. The van der Waals surface area contributed by atoms with E-state index in [0.717, 1.165) is 5.56 Å². The van der Waals surface area contributed by atoms with Crippen LogP contribution in [0.4, 0.5) is 9.18 Å². The number of amides is 2. The minimum absolute atomic E-state index is 0.0351. The summed E-state index contributed by atoms with van der Waals surface area (Å²) in [5.74, 6) is -0.933. The monoisotopic (exact) mass is 400 g/mol. The Labute approximate surface area is 149 Å². The highest BCUT2D eigenvalue weighted by molar-refractivity contribution is 9.10. The molecule has 2 rings (SSSR count). The van der Waals surface area contributed by atoms with Gasteiger partial charge in [0.2, 0.25) is 0 Å². The van der Waals surface area contributed by atoms with Gasteiger partial charge in [-0.15, -0.1) is 0 Å². The molecule has 1 N–H and O–H groups in total. The number of nitrogens with zero attached hydrogens (tertiary/aromatic N) is 1. The average molecular weight is 401 g/mol. The summed E-state index contributed by atoms with van der Waals surface area (Å²) in [5, 5.41) is 2.75. The molecule has 0 unspecified atom stereocenters. The Balaban J connectivity index is 2.02. The van der Waals surface area contributed by atoms with Gasteiger partial charge in [-0.1, -0.05) is 6.07 Å². The number of alkyl carbamates (subject to hydrolysis) is 1. The van der Waals surface area contributed by atoms with Gasteiger partial charge in [0.05, 0.1) is 11.6 Å². The molecular formula is C17H22BrFN2O3. The molecular weight excluding hydrogens is 379 g/mol. The van der Waals surface area contributed by atoms with Gasteiger partial charge in [-0.25, -0.2) is 9.18 Å². The molecule has 0 aliphatic carbocycles. The summed E-state index contributed by atoms with van der Waals surface area (Å²) in [4.78, 5) is 26.0. The van der Waals surface area contributed by atoms with Crippen LogP contribution in [0.1, 0.15) is 43.1 Å². The van der Waals surface area contributed by atoms with E-state index in [-0.39, 0.29) is 17.5 Å². The fourth-order valence-corrected chi connectivity index (χ4v) is 3.04. The molecule has 1 aromatic rings. The first-order chi connectivity index (χ1) is 11.1. The number of carbonyl (C=O) groups excluding carboxylic acids is 2. The molecule has 2 amide bonds. The lowest BCUT2D eigenvalue weighted by Gasteiger charge is -2.22. The average Bonchev–Trinajstić information content (AvgIpc) is 2.89. The van der Waals surface area contributed by atoms with Crippen LogP contribution >= 0.6 is 15.9 Å². The third kappa shape index (κ3) is 4.47. The van der Waals surface area contributed by atoms with Crippen molar-refractivity contribution in [3.05, 3.63) is 33.5 Å². The first-order valence-corrected chi connectivity index (χ1v) is 8.61. The Morgan fingerprint density at radius 1 is 1.38 bits per heavy atom. The highest BCUT2D eigenvalue weighted by atomic mass is 79.9. The quantitative estimate of drug-likeness (QED) is 0.824. The second-order valence-electron chi connectivity index (χ2n) is 6.94. The zero-order chi connectivity index (χ0) is 18.1. The fourth-order valence-electron chi connectivity index (χ4n) is 2.55. The van der Waals surface area contributed by atoms with E-state index in [0.29, 0.717) is 24.0 Å². The van der Waals surface area contributed by atoms with E-state index in [2.05, 4.69) is 21.2 Å². The number of benzene rings is 1. The minimum Gasteiger partial charge on any atom is -0.444 e. The molecule has 0 radical (unpaired) electrons. The van der Waals surface area contributed by atoms with Crippen LogP contribution in [0.3, 0.4) is 0 Å². The molecule has 1 atom stereocenters. The Morgan fingerprint density at radius 3 is 2.67 bits per heavy atom. The minimum atomic E-state index is -0.576. The summed E-state index contributed by atoms with van der Waals surface area (Å²) < 4.78 is 19.7. The van der Waals surface area contributed by atoms with Crippen LogP contribution in [0.5, 0.6) is 0 Å². The maximum Gasteiger partial charge on any atom is 0.407 e. The standard InChI is InChI=1S/C17H22BrFN2O3/c1-10-5-6-12(19)13(14(10)18)15(22)21-8-7-11(9-21)20-16(23)24-17(2,3)4/h5-6,11H,7-9H2,1-4H3,(H,20,23)/t11-/m1/s1. The topological polar surface area (TPSA) is 58.6 Å². The van der Waals surface area contributed by atoms with Crippen molar-refractivity contribution in [3.63, 3.8) is 0 Å². The van der Waals surface area contributed by atoms with Gasteiger partial charge < -0.3 is 15.0 Å². The lowest BCUT2D eigenvalue weighted by molar-refractivity contribution is 0.0502. The lowest BCUT2D eigenvalue weighted by atomic mass is 10.1. The molecule has 1 heterocycles. The van der Waals surface area contributed by atoms with Crippen molar-refractivity contribution >= 4 is 27.9 Å². The highest BCUT2D eigenvalue weighted by Crippen LogP contribution is 2.26. The Bertz CT molecular complexity index is 658. The van der Waals surface area contributed by atoms with E-state index in [1.807, 2.05) is 0 Å². The van der Waals surface area contributed by atoms with Gasteiger partial charge in [0.25, 0.3) is 5.91 Å². The number of carbonyl (C=O) groups is 2. The summed E-state index contributed by atoms with van der Waals surface area (Å²) in [6.45, 7) is 7.95. The van der Waals surface area contributed by atoms with Crippen LogP contribution in [-0.4, -0.2) is 41.6 Å². The van der Waals surface area contributed by atoms with E-state index >= 15 is 0 Å². The Kier molecular flexibility index (Phi) is 5.52. The van der Waals surface area contributed by atoms with Gasteiger partial charge >= 0.3 is 6.09 Å². The first-order valence-electron chi connectivity index (χ1n) is 7.82. The van der Waals surface area contributed by atoms with E-state index < -0.39 is 17.5 Å². The van der Waals surface area contributed by atoms with Gasteiger partial charge in [-0.3, -0.25) is 4.79 Å². The molecule has 0 spiro atoms. The smallest absolute Gasteiger partial charge is 0.407 e. The molecule has 132 valence electrons. The van der Waals surface area contributed by atoms with Crippen LogP contribution < -0.4 is 5.32 Å². The van der Waals surface area contributed by atoms with Gasteiger partial charge in [0.1, 0.15) is 11.4 Å². The second-order valence-corrected chi connectivity index (χ2v) is 7.73. The predicted octanol–water partition coefficient (Wildman–Crippen LogP) is 3.64. The number of rotatable bonds is 2. The molecule has 1 fully saturated rings. The molecule has 1 aliphatic rings. The molecule has 0 bridgehead atoms. The van der Waals surface area contributed by atoms with Crippen LogP contribution in [-0.2, 0) is 4.74 Å². The third-order valence-electron chi connectivity index (χ3n) is 3.69. The van der Waals surface area contributed by atoms with E-state index in [9.17, 15) is 14.0 Å². The van der Waals surface area contributed by atoms with Gasteiger partial charge in [0, 0.05) is 17.6 Å². The largest absolute Gasteiger partial charge is 0.444 e. The molecule has 5 nitrogen and oxygen atoms in total. The lowest BCUT2D eigenvalue weighted by Crippen LogP contribution is -2.41. The predicted molar refractivity (Wildman–Crippen MR) is 92.5 cm³/mol. The normalized spacial score (nSPS) is 17.8. The summed E-state index contributed by atoms with van der Waals surface area (Å²) in [6.07, 6.45) is 0.0977. The van der Waals surface area contributed by atoms with Crippen molar-refractivity contribution in [1.29, 1.82) is 0 Å². The first kappa shape index (κ1) is 18.7. The van der Waals surface area contributed by atoms with Crippen molar-refractivity contribution in [2.75, 3.05) is 13.1 Å². The highest BCUT2D eigenvalue weighted by Gasteiger charge is 2.31. The molecule has 1 saturated heterocycles. The van der Waals surface area contributed by atoms with Crippen molar-refractivity contribution in [2.45, 2.75) is 45.8 Å². The number of aryl methyl sites for hydroxylation is 1. The molecule has 1 aliphatic heterocycles. The molecule has 0 saturated carbocycles. The molecule has 0 aromatic heterocycles. The second kappa shape index (κ2) is 7.09. The van der Waals surface area contributed by atoms with Crippen LogP contribution in [0, 0.1) is 12.7 Å². The third-order valence-corrected chi connectivity index (χ3v) is 4.72. The number of ether oxygens (including phenoxy) is 1. The van der Waals surface area contributed by atoms with Crippen LogP contribution in [0.25, 0.3) is 0 Å². The van der Waals surface area contributed by atoms with Gasteiger partial charge in [-0.2, -0.15) is 0 Å². The van der Waals surface area contributed by atoms with Crippen molar-refractivity contribution in [2.24, 2.45) is 0 Å². The van der Waals surface area contributed by atoms with Gasteiger partial charge in [-0.05, 0) is 61.7 Å². The Morgan fingerprint density at radius 2 is 2.04 bits per heavy atom. The summed E-state index contributed by atoms with van der Waals surface area (Å²) in [6, 6.07) is 2.71. The van der Waals surface area contributed by atoms with Crippen LogP contribution in [0.15, 0.2) is 16.6 Å². The number of likely N-dealkylation sites (tertiary alicyclic amines) is 1. The summed E-state index contributed by atoms with van der Waals surface area (Å²) >= 11 is 3.29. The van der Waals surface area contributed by atoms with Gasteiger partial charge in [0.15, 0.2) is 0 Å². The number of hydrogen-bond acceptors (Lipinski definition) is 3. The molecule has 7 heteroatoms. The maximum absolute atomic E-state index is 14.1. The van der Waals surface area contributed by atoms with E-state index in [1.54, 1.807) is 38.7 Å². The summed E-state index contributed by atoms with van der Waals surface area (Å²) in [7, 11) is 0. The summed E-state index contributed by atoms with van der Waals surface area (Å²) in [5.41, 5.74) is 0.253. The van der Waals surface area contributed by atoms with Crippen molar-refractivity contribution in [3.8, 4) is 0 Å². The van der Waals surface area contributed by atoms with E-state index in [1.165, 1.54) is 6.07 Å². The fraction of sp³-hybridized carbons (Fsp3) is 0.529. The number of hydrogen-bond donors (Lipinski definition) is 1. The maximum atomic E-state index is 14.1. The van der Waals surface area contributed by atoms with Crippen molar-refractivity contribution in [1.82, 2.24) is 10.2 Å².